The summed E-state index contributed by atoms with van der Waals surface area (Å²) in [6, 6.07) is 9.70. The molecular formula is C21H17N3O6S. The Bertz CT molecular complexity index is 1110. The predicted molar refractivity (Wildman–Crippen MR) is 113 cm³/mol. The standard InChI is InChI=1S/C21H17N3O6S/c1-29-20(25)17-7-4-6-10-23(19(17)21(26)30-2)14-11-15(24(27)28)13-16(12-14)31-18-8-3-5-9-22-18/h3-13H,1-2H3. The topological polar surface area (TPSA) is 112 Å². The van der Waals surface area contributed by atoms with Crippen molar-refractivity contribution in [1.82, 2.24) is 4.98 Å². The van der Waals surface area contributed by atoms with Crippen molar-refractivity contribution in [3.05, 3.63) is 88.4 Å². The predicted octanol–water partition coefficient (Wildman–Crippen LogP) is 3.63. The number of nitro benzene ring substituents is 1. The summed E-state index contributed by atoms with van der Waals surface area (Å²) in [6.45, 7) is 0. The van der Waals surface area contributed by atoms with E-state index in [2.05, 4.69) is 4.98 Å². The number of non-ortho nitro benzene ring substituents is 1. The molecule has 31 heavy (non-hydrogen) atoms. The van der Waals surface area contributed by atoms with E-state index in [1.807, 2.05) is 0 Å². The zero-order valence-corrected chi connectivity index (χ0v) is 17.4. The molecule has 0 unspecified atom stereocenters. The Balaban J connectivity index is 2.17. The number of carbonyl (C=O) groups is 2. The lowest BCUT2D eigenvalue weighted by molar-refractivity contribution is -0.385. The van der Waals surface area contributed by atoms with Crippen molar-refractivity contribution in [1.29, 1.82) is 0 Å². The third-order valence-electron chi connectivity index (χ3n) is 4.11. The van der Waals surface area contributed by atoms with Gasteiger partial charge in [-0.25, -0.2) is 14.6 Å². The molecule has 0 spiro atoms. The Morgan fingerprint density at radius 3 is 2.52 bits per heavy atom. The van der Waals surface area contributed by atoms with E-state index < -0.39 is 16.9 Å². The van der Waals surface area contributed by atoms with Gasteiger partial charge in [-0.05, 0) is 30.4 Å². The number of methoxy groups -OCH3 is 2. The number of esters is 2. The molecule has 0 saturated carbocycles. The second-order valence-corrected chi connectivity index (χ2v) is 7.12. The average molecular weight is 439 g/mol. The van der Waals surface area contributed by atoms with Gasteiger partial charge in [0.2, 0.25) is 0 Å². The summed E-state index contributed by atoms with van der Waals surface area (Å²) >= 11 is 1.22. The number of hydrogen-bond donors (Lipinski definition) is 0. The van der Waals surface area contributed by atoms with E-state index in [1.54, 1.807) is 42.6 Å². The van der Waals surface area contributed by atoms with Gasteiger partial charge in [0.15, 0.2) is 0 Å². The van der Waals surface area contributed by atoms with Crippen LogP contribution in [0.15, 0.2) is 88.2 Å². The van der Waals surface area contributed by atoms with Crippen molar-refractivity contribution in [2.45, 2.75) is 9.92 Å². The number of rotatable bonds is 6. The third kappa shape index (κ3) is 4.98. The molecule has 2 heterocycles. The highest BCUT2D eigenvalue weighted by Crippen LogP contribution is 2.35. The maximum atomic E-state index is 12.6. The van der Waals surface area contributed by atoms with E-state index in [9.17, 15) is 19.7 Å². The molecule has 0 radical (unpaired) electrons. The second kappa shape index (κ2) is 9.72. The summed E-state index contributed by atoms with van der Waals surface area (Å²) in [4.78, 5) is 42.0. The number of anilines is 1. The Labute approximate surface area is 181 Å². The van der Waals surface area contributed by atoms with Crippen LogP contribution >= 0.6 is 11.8 Å². The van der Waals surface area contributed by atoms with Gasteiger partial charge < -0.3 is 14.4 Å². The Kier molecular flexibility index (Phi) is 6.83. The zero-order chi connectivity index (χ0) is 22.4. The first-order valence-corrected chi connectivity index (χ1v) is 9.69. The van der Waals surface area contributed by atoms with Crippen LogP contribution in [0.1, 0.15) is 0 Å². The molecule has 0 aliphatic carbocycles. The molecule has 9 nitrogen and oxygen atoms in total. The van der Waals surface area contributed by atoms with Crippen LogP contribution < -0.4 is 4.90 Å². The Morgan fingerprint density at radius 1 is 1.10 bits per heavy atom. The van der Waals surface area contributed by atoms with E-state index in [0.717, 1.165) is 0 Å². The van der Waals surface area contributed by atoms with Crippen LogP contribution in [0.4, 0.5) is 11.4 Å². The molecule has 0 saturated heterocycles. The molecule has 2 aromatic rings. The van der Waals surface area contributed by atoms with Crippen molar-refractivity contribution in [3.63, 3.8) is 0 Å². The lowest BCUT2D eigenvalue weighted by Crippen LogP contribution is -2.27. The number of ether oxygens (including phenoxy) is 2. The first-order chi connectivity index (χ1) is 14.9. The molecule has 1 aromatic carbocycles. The fourth-order valence-corrected chi connectivity index (χ4v) is 3.63. The number of aromatic nitrogens is 1. The van der Waals surface area contributed by atoms with Crippen LogP contribution in [0.2, 0.25) is 0 Å². The van der Waals surface area contributed by atoms with Gasteiger partial charge in [0.05, 0.1) is 30.4 Å². The molecule has 1 aliphatic heterocycles. The third-order valence-corrected chi connectivity index (χ3v) is 5.04. The van der Waals surface area contributed by atoms with Gasteiger partial charge in [0, 0.05) is 29.4 Å². The lowest BCUT2D eigenvalue weighted by atomic mass is 10.1. The summed E-state index contributed by atoms with van der Waals surface area (Å²) in [5, 5.41) is 12.2. The molecule has 0 atom stereocenters. The van der Waals surface area contributed by atoms with Crippen LogP contribution in [0.25, 0.3) is 0 Å². The number of pyridine rings is 1. The van der Waals surface area contributed by atoms with E-state index in [4.69, 9.17) is 9.47 Å². The number of carbonyl (C=O) groups excluding carboxylic acids is 2. The van der Waals surface area contributed by atoms with Gasteiger partial charge in [-0.1, -0.05) is 23.9 Å². The van der Waals surface area contributed by atoms with Crippen LogP contribution in [0.5, 0.6) is 0 Å². The molecule has 1 aliphatic rings. The quantitative estimate of drug-likeness (QED) is 0.378. The largest absolute Gasteiger partial charge is 0.465 e. The molecule has 0 N–H and O–H groups in total. The zero-order valence-electron chi connectivity index (χ0n) is 16.6. The summed E-state index contributed by atoms with van der Waals surface area (Å²) in [5.41, 5.74) is -0.0850. The molecule has 1 aromatic heterocycles. The average Bonchev–Trinajstić information content (AvgIpc) is 3.01. The first kappa shape index (κ1) is 21.8. The van der Waals surface area contributed by atoms with Crippen LogP contribution in [0, 0.1) is 10.1 Å². The minimum Gasteiger partial charge on any atom is -0.465 e. The van der Waals surface area contributed by atoms with E-state index in [1.165, 1.54) is 55.3 Å². The maximum absolute atomic E-state index is 12.6. The van der Waals surface area contributed by atoms with Crippen molar-refractivity contribution in [3.8, 4) is 0 Å². The molecule has 0 amide bonds. The van der Waals surface area contributed by atoms with Gasteiger partial charge in [-0.2, -0.15) is 0 Å². The van der Waals surface area contributed by atoms with Crippen molar-refractivity contribution < 1.29 is 24.0 Å². The maximum Gasteiger partial charge on any atom is 0.355 e. The van der Waals surface area contributed by atoms with Crippen molar-refractivity contribution in [2.75, 3.05) is 19.1 Å². The smallest absolute Gasteiger partial charge is 0.355 e. The van der Waals surface area contributed by atoms with E-state index in [-0.39, 0.29) is 22.6 Å². The van der Waals surface area contributed by atoms with Gasteiger partial charge in [0.25, 0.3) is 5.69 Å². The van der Waals surface area contributed by atoms with Crippen LogP contribution in [0.3, 0.4) is 0 Å². The molecule has 158 valence electrons. The monoisotopic (exact) mass is 439 g/mol. The molecular weight excluding hydrogens is 422 g/mol. The SMILES string of the molecule is COC(=O)C1=C(C(=O)OC)N(c2cc(Sc3ccccn3)cc([N+](=O)[O-])c2)C=CC=C1. The van der Waals surface area contributed by atoms with Gasteiger partial charge >= 0.3 is 11.9 Å². The normalized spacial score (nSPS) is 13.0. The Hall–Kier alpha value is -3.92. The van der Waals surface area contributed by atoms with Gasteiger partial charge in [-0.15, -0.1) is 0 Å². The highest BCUT2D eigenvalue weighted by atomic mass is 32.2. The van der Waals surface area contributed by atoms with E-state index >= 15 is 0 Å². The molecule has 0 bridgehead atoms. The van der Waals surface area contributed by atoms with Crippen molar-refractivity contribution in [2.24, 2.45) is 0 Å². The Morgan fingerprint density at radius 2 is 1.87 bits per heavy atom. The first-order valence-electron chi connectivity index (χ1n) is 8.88. The summed E-state index contributed by atoms with van der Waals surface area (Å²) in [6.07, 6.45) is 7.67. The summed E-state index contributed by atoms with van der Waals surface area (Å²) < 4.78 is 9.65. The number of nitrogens with zero attached hydrogens (tertiary/aromatic N) is 3. The highest BCUT2D eigenvalue weighted by Gasteiger charge is 2.28. The highest BCUT2D eigenvalue weighted by molar-refractivity contribution is 7.99. The number of benzene rings is 1. The lowest BCUT2D eigenvalue weighted by Gasteiger charge is -2.23. The number of nitro groups is 1. The summed E-state index contributed by atoms with van der Waals surface area (Å²) in [7, 11) is 2.37. The minimum atomic E-state index is -0.804. The number of hydrogen-bond acceptors (Lipinski definition) is 9. The van der Waals surface area contributed by atoms with Crippen LogP contribution in [-0.2, 0) is 19.1 Å². The number of allylic oxidation sites excluding steroid dienone is 2. The minimum absolute atomic E-state index is 0.0511. The van der Waals surface area contributed by atoms with Gasteiger partial charge in [-0.3, -0.25) is 10.1 Å². The van der Waals surface area contributed by atoms with Crippen molar-refractivity contribution >= 4 is 35.1 Å². The second-order valence-electron chi connectivity index (χ2n) is 6.03. The molecule has 0 fully saturated rings. The fourth-order valence-electron chi connectivity index (χ4n) is 2.77. The summed E-state index contributed by atoms with van der Waals surface area (Å²) in [5.74, 6) is -1.55. The van der Waals surface area contributed by atoms with Gasteiger partial charge in [0.1, 0.15) is 10.7 Å². The van der Waals surface area contributed by atoms with E-state index in [0.29, 0.717) is 9.92 Å². The fraction of sp³-hybridized carbons (Fsp3) is 0.0952. The molecule has 3 rings (SSSR count). The van der Waals surface area contributed by atoms with Crippen LogP contribution in [-0.4, -0.2) is 36.1 Å². The molecule has 10 heteroatoms.